The van der Waals surface area contributed by atoms with Crippen molar-refractivity contribution in [2.75, 3.05) is 18.5 Å². The molecule has 1 heterocycles. The second kappa shape index (κ2) is 8.14. The maximum absolute atomic E-state index is 12.1. The van der Waals surface area contributed by atoms with Crippen LogP contribution in [0.25, 0.3) is 0 Å². The molecule has 0 saturated carbocycles. The number of carbonyl (C=O) groups is 2. The molecule has 1 aromatic heterocycles. The van der Waals surface area contributed by atoms with Crippen LogP contribution in [-0.2, 0) is 9.53 Å². The van der Waals surface area contributed by atoms with E-state index in [2.05, 4.69) is 10.4 Å². The van der Waals surface area contributed by atoms with Crippen LogP contribution < -0.4 is 10.1 Å². The summed E-state index contributed by atoms with van der Waals surface area (Å²) in [6.07, 6.45) is 1.60. The van der Waals surface area contributed by atoms with Gasteiger partial charge in [0, 0.05) is 12.1 Å². The van der Waals surface area contributed by atoms with Crippen molar-refractivity contribution in [3.8, 4) is 5.75 Å². The molecule has 0 radical (unpaired) electrons. The van der Waals surface area contributed by atoms with E-state index in [1.54, 1.807) is 41.2 Å². The fourth-order valence-electron chi connectivity index (χ4n) is 2.13. The molecule has 0 fully saturated rings. The van der Waals surface area contributed by atoms with Gasteiger partial charge in [0.15, 0.2) is 6.61 Å². The molecule has 1 N–H and O–H groups in total. The van der Waals surface area contributed by atoms with Gasteiger partial charge >= 0.3 is 5.97 Å². The van der Waals surface area contributed by atoms with Gasteiger partial charge in [0.1, 0.15) is 17.1 Å². The van der Waals surface area contributed by atoms with Crippen LogP contribution in [0.1, 0.15) is 37.2 Å². The number of rotatable bonds is 7. The molecule has 7 nitrogen and oxygen atoms in total. The zero-order valence-electron chi connectivity index (χ0n) is 14.0. The van der Waals surface area contributed by atoms with Gasteiger partial charge in [-0.2, -0.15) is 5.10 Å². The smallest absolute Gasteiger partial charge is 0.342 e. The molecule has 2 rings (SSSR count). The monoisotopic (exact) mass is 331 g/mol. The number of esters is 1. The van der Waals surface area contributed by atoms with Gasteiger partial charge in [0.25, 0.3) is 5.91 Å². The first kappa shape index (κ1) is 17.5. The number of ether oxygens (including phenoxy) is 2. The Balaban J connectivity index is 1.94. The number of carbonyl (C=O) groups excluding carboxylic acids is 2. The van der Waals surface area contributed by atoms with Crippen molar-refractivity contribution in [3.05, 3.63) is 42.1 Å². The highest BCUT2D eigenvalue weighted by atomic mass is 16.5. The lowest BCUT2D eigenvalue weighted by molar-refractivity contribution is -0.119. The van der Waals surface area contributed by atoms with Gasteiger partial charge in [-0.05, 0) is 32.9 Å². The highest BCUT2D eigenvalue weighted by Gasteiger charge is 2.16. The lowest BCUT2D eigenvalue weighted by Crippen LogP contribution is -2.23. The summed E-state index contributed by atoms with van der Waals surface area (Å²) >= 11 is 0. The molecule has 0 aliphatic rings. The largest absolute Gasteiger partial charge is 0.493 e. The Labute approximate surface area is 140 Å². The second-order valence-electron chi connectivity index (χ2n) is 5.31. The third-order valence-corrected chi connectivity index (χ3v) is 3.17. The van der Waals surface area contributed by atoms with Gasteiger partial charge in [-0.25, -0.2) is 9.48 Å². The van der Waals surface area contributed by atoms with E-state index in [1.165, 1.54) is 0 Å². The van der Waals surface area contributed by atoms with E-state index < -0.39 is 11.9 Å². The van der Waals surface area contributed by atoms with Gasteiger partial charge in [-0.3, -0.25) is 4.79 Å². The van der Waals surface area contributed by atoms with Crippen LogP contribution in [0.2, 0.25) is 0 Å². The summed E-state index contributed by atoms with van der Waals surface area (Å²) in [6.45, 7) is 5.78. The van der Waals surface area contributed by atoms with Gasteiger partial charge in [-0.15, -0.1) is 0 Å². The van der Waals surface area contributed by atoms with Crippen molar-refractivity contribution in [2.24, 2.45) is 0 Å². The second-order valence-corrected chi connectivity index (χ2v) is 5.31. The molecule has 0 aliphatic heterocycles. The molecule has 0 saturated heterocycles. The van der Waals surface area contributed by atoms with Crippen molar-refractivity contribution in [1.29, 1.82) is 0 Å². The molecule has 0 aliphatic carbocycles. The topological polar surface area (TPSA) is 82.4 Å². The maximum Gasteiger partial charge on any atom is 0.342 e. The van der Waals surface area contributed by atoms with Crippen molar-refractivity contribution in [3.63, 3.8) is 0 Å². The Morgan fingerprint density at radius 3 is 2.71 bits per heavy atom. The summed E-state index contributed by atoms with van der Waals surface area (Å²) in [7, 11) is 0. The Morgan fingerprint density at radius 2 is 2.00 bits per heavy atom. The summed E-state index contributed by atoms with van der Waals surface area (Å²) in [5.74, 6) is -0.0460. The van der Waals surface area contributed by atoms with E-state index in [9.17, 15) is 9.59 Å². The van der Waals surface area contributed by atoms with Gasteiger partial charge in [-0.1, -0.05) is 12.1 Å². The Bertz CT molecular complexity index is 709. The highest BCUT2D eigenvalue weighted by molar-refractivity contribution is 5.96. The van der Waals surface area contributed by atoms with Crippen molar-refractivity contribution in [2.45, 2.75) is 26.8 Å². The molecular formula is C17H21N3O4. The Morgan fingerprint density at radius 1 is 1.25 bits per heavy atom. The molecule has 1 amide bonds. The third-order valence-electron chi connectivity index (χ3n) is 3.17. The predicted molar refractivity (Wildman–Crippen MR) is 89.1 cm³/mol. The van der Waals surface area contributed by atoms with E-state index in [-0.39, 0.29) is 12.6 Å². The molecular weight excluding hydrogens is 310 g/mol. The zero-order chi connectivity index (χ0) is 17.5. The molecule has 2 aromatic rings. The summed E-state index contributed by atoms with van der Waals surface area (Å²) in [5.41, 5.74) is 0.291. The maximum atomic E-state index is 12.1. The number of nitrogens with zero attached hydrogens (tertiary/aromatic N) is 2. The van der Waals surface area contributed by atoms with Crippen molar-refractivity contribution in [1.82, 2.24) is 9.78 Å². The van der Waals surface area contributed by atoms with Crippen LogP contribution >= 0.6 is 0 Å². The first-order valence-corrected chi connectivity index (χ1v) is 7.75. The fraction of sp³-hybridized carbons (Fsp3) is 0.353. The van der Waals surface area contributed by atoms with Crippen LogP contribution in [-0.4, -0.2) is 34.9 Å². The molecule has 1 aromatic carbocycles. The number of para-hydroxylation sites is 1. The number of benzene rings is 1. The van der Waals surface area contributed by atoms with E-state index >= 15 is 0 Å². The molecule has 24 heavy (non-hydrogen) atoms. The average molecular weight is 331 g/mol. The number of nitrogens with one attached hydrogen (secondary N) is 1. The molecule has 0 unspecified atom stereocenters. The van der Waals surface area contributed by atoms with E-state index in [0.29, 0.717) is 23.7 Å². The number of hydrogen-bond donors (Lipinski definition) is 1. The number of amides is 1. The minimum atomic E-state index is -0.605. The van der Waals surface area contributed by atoms with Crippen molar-refractivity contribution < 1.29 is 19.1 Å². The lowest BCUT2D eigenvalue weighted by atomic mass is 10.2. The van der Waals surface area contributed by atoms with E-state index in [1.807, 2.05) is 20.8 Å². The van der Waals surface area contributed by atoms with E-state index in [4.69, 9.17) is 9.47 Å². The normalized spacial score (nSPS) is 10.5. The quantitative estimate of drug-likeness (QED) is 0.789. The number of aromatic nitrogens is 2. The first-order valence-electron chi connectivity index (χ1n) is 7.75. The number of anilines is 1. The molecule has 0 spiro atoms. The summed E-state index contributed by atoms with van der Waals surface area (Å²) in [6, 6.07) is 8.54. The third kappa shape index (κ3) is 4.34. The van der Waals surface area contributed by atoms with Crippen LogP contribution in [0.15, 0.2) is 36.5 Å². The summed E-state index contributed by atoms with van der Waals surface area (Å²) in [5, 5.41) is 6.79. The Hall–Kier alpha value is -2.83. The van der Waals surface area contributed by atoms with Crippen molar-refractivity contribution >= 4 is 17.7 Å². The molecule has 128 valence electrons. The minimum absolute atomic E-state index is 0.107. The lowest BCUT2D eigenvalue weighted by Gasteiger charge is -2.12. The van der Waals surface area contributed by atoms with Crippen LogP contribution in [0.5, 0.6) is 5.75 Å². The molecule has 0 atom stereocenters. The SMILES string of the molecule is CCOc1ccccc1C(=O)OCC(=O)Nc1ccnn1C(C)C. The molecule has 7 heteroatoms. The highest BCUT2D eigenvalue weighted by Crippen LogP contribution is 2.19. The summed E-state index contributed by atoms with van der Waals surface area (Å²) < 4.78 is 12.1. The van der Waals surface area contributed by atoms with Crippen LogP contribution in [0.4, 0.5) is 5.82 Å². The number of hydrogen-bond acceptors (Lipinski definition) is 5. The molecule has 0 bridgehead atoms. The standard InChI is InChI=1S/C17H21N3O4/c1-4-23-14-8-6-5-7-13(14)17(22)24-11-16(21)19-15-9-10-18-20(15)12(2)3/h5-10,12H,4,11H2,1-3H3,(H,19,21). The average Bonchev–Trinajstić information content (AvgIpc) is 3.02. The first-order chi connectivity index (χ1) is 11.5. The van der Waals surface area contributed by atoms with Gasteiger partial charge < -0.3 is 14.8 Å². The van der Waals surface area contributed by atoms with Gasteiger partial charge in [0.2, 0.25) is 0 Å². The Kier molecular flexibility index (Phi) is 5.95. The zero-order valence-corrected chi connectivity index (χ0v) is 14.0. The predicted octanol–water partition coefficient (Wildman–Crippen LogP) is 2.66. The minimum Gasteiger partial charge on any atom is -0.493 e. The van der Waals surface area contributed by atoms with Crippen LogP contribution in [0.3, 0.4) is 0 Å². The van der Waals surface area contributed by atoms with E-state index in [0.717, 1.165) is 0 Å². The van der Waals surface area contributed by atoms with Gasteiger partial charge in [0.05, 0.1) is 12.8 Å². The fourth-order valence-corrected chi connectivity index (χ4v) is 2.13. The summed E-state index contributed by atoms with van der Waals surface area (Å²) in [4.78, 5) is 24.1. The van der Waals surface area contributed by atoms with Crippen LogP contribution in [0, 0.1) is 0 Å².